The Morgan fingerprint density at radius 3 is 2.62 bits per heavy atom. The van der Waals surface area contributed by atoms with Gasteiger partial charge >= 0.3 is 0 Å². The summed E-state index contributed by atoms with van der Waals surface area (Å²) in [6.45, 7) is 3.66. The molecule has 1 aliphatic rings. The van der Waals surface area contributed by atoms with Gasteiger partial charge in [0, 0.05) is 19.1 Å². The lowest BCUT2D eigenvalue weighted by Crippen LogP contribution is -2.37. The van der Waals surface area contributed by atoms with Gasteiger partial charge < -0.3 is 9.80 Å². The molecule has 1 amide bonds. The molecule has 1 heterocycles. The molecule has 0 spiro atoms. The Kier molecular flexibility index (Phi) is 3.74. The Balaban J connectivity index is 2.45. The van der Waals surface area contributed by atoms with Gasteiger partial charge in [-0.2, -0.15) is 0 Å². The summed E-state index contributed by atoms with van der Waals surface area (Å²) in [6.07, 6.45) is 1.10. The number of carbonyl (C=O) groups excluding carboxylic acids is 1. The largest absolute Gasteiger partial charge is 0.340 e. The van der Waals surface area contributed by atoms with E-state index in [1.165, 1.54) is 0 Å². The first kappa shape index (κ1) is 11.0. The van der Waals surface area contributed by atoms with Crippen LogP contribution < -0.4 is 0 Å². The summed E-state index contributed by atoms with van der Waals surface area (Å²) in [5, 5.41) is 0. The van der Waals surface area contributed by atoms with Gasteiger partial charge in [0.15, 0.2) is 0 Å². The van der Waals surface area contributed by atoms with E-state index in [0.717, 1.165) is 19.5 Å². The van der Waals surface area contributed by atoms with Crippen molar-refractivity contribution < 1.29 is 4.79 Å². The number of likely N-dealkylation sites (N-methyl/N-ethyl adjacent to an activating group) is 1. The molecule has 0 aromatic rings. The molecule has 1 fully saturated rings. The second-order valence-corrected chi connectivity index (χ2v) is 5.18. The fourth-order valence-corrected chi connectivity index (χ4v) is 1.90. The highest BCUT2D eigenvalue weighted by Crippen LogP contribution is 2.15. The number of hydrogen-bond donors (Lipinski definition) is 0. The monoisotopic (exact) mass is 248 g/mol. The van der Waals surface area contributed by atoms with Gasteiger partial charge in [0.05, 0.1) is 4.83 Å². The zero-order chi connectivity index (χ0) is 10.0. The molecule has 2 unspecified atom stereocenters. The van der Waals surface area contributed by atoms with Crippen LogP contribution in [0.5, 0.6) is 0 Å². The summed E-state index contributed by atoms with van der Waals surface area (Å²) < 4.78 is 0. The zero-order valence-electron chi connectivity index (χ0n) is 8.46. The smallest absolute Gasteiger partial charge is 0.236 e. The first-order valence-electron chi connectivity index (χ1n) is 4.61. The number of nitrogens with zero attached hydrogens (tertiary/aromatic N) is 2. The Morgan fingerprint density at radius 2 is 2.23 bits per heavy atom. The van der Waals surface area contributed by atoms with Crippen LogP contribution in [0.4, 0.5) is 0 Å². The first-order valence-corrected chi connectivity index (χ1v) is 5.53. The summed E-state index contributed by atoms with van der Waals surface area (Å²) in [5.41, 5.74) is 0. The molecule has 3 nitrogen and oxygen atoms in total. The van der Waals surface area contributed by atoms with Crippen molar-refractivity contribution in [1.29, 1.82) is 0 Å². The maximum absolute atomic E-state index is 11.6. The molecule has 2 atom stereocenters. The summed E-state index contributed by atoms with van der Waals surface area (Å²) in [4.78, 5) is 15.6. The minimum atomic E-state index is -0.0478. The van der Waals surface area contributed by atoms with E-state index in [0.29, 0.717) is 6.04 Å². The van der Waals surface area contributed by atoms with Crippen molar-refractivity contribution in [1.82, 2.24) is 9.80 Å². The van der Waals surface area contributed by atoms with Crippen molar-refractivity contribution in [3.05, 3.63) is 0 Å². The van der Waals surface area contributed by atoms with Gasteiger partial charge in [0.1, 0.15) is 0 Å². The summed E-state index contributed by atoms with van der Waals surface area (Å²) >= 11 is 3.30. The fourth-order valence-electron chi connectivity index (χ4n) is 1.62. The van der Waals surface area contributed by atoms with Crippen LogP contribution in [0.15, 0.2) is 0 Å². The second-order valence-electron chi connectivity index (χ2n) is 3.81. The second kappa shape index (κ2) is 4.42. The van der Waals surface area contributed by atoms with Crippen LogP contribution in [0.25, 0.3) is 0 Å². The predicted octanol–water partition coefficient (Wildman–Crippen LogP) is 0.932. The van der Waals surface area contributed by atoms with E-state index in [2.05, 4.69) is 34.9 Å². The molecule has 0 aromatic heterocycles. The zero-order valence-corrected chi connectivity index (χ0v) is 10.0. The third-order valence-corrected chi connectivity index (χ3v) is 2.94. The van der Waals surface area contributed by atoms with Crippen LogP contribution in [0.1, 0.15) is 13.3 Å². The number of halogens is 1. The molecule has 0 radical (unpaired) electrons. The average Bonchev–Trinajstić information content (AvgIpc) is 2.50. The normalized spacial score (nSPS) is 25.3. The van der Waals surface area contributed by atoms with Gasteiger partial charge in [-0.1, -0.05) is 15.9 Å². The topological polar surface area (TPSA) is 23.6 Å². The van der Waals surface area contributed by atoms with Crippen LogP contribution in [-0.2, 0) is 4.79 Å². The number of carbonyl (C=O) groups is 1. The number of likely N-dealkylation sites (tertiary alicyclic amines) is 1. The van der Waals surface area contributed by atoms with Gasteiger partial charge in [-0.05, 0) is 27.4 Å². The number of rotatable bonds is 2. The number of amides is 1. The molecule has 1 aliphatic heterocycles. The van der Waals surface area contributed by atoms with Crippen molar-refractivity contribution in [3.8, 4) is 0 Å². The molecular formula is C9H17BrN2O. The molecule has 0 N–H and O–H groups in total. The molecule has 0 saturated carbocycles. The van der Waals surface area contributed by atoms with Crippen LogP contribution in [-0.4, -0.2) is 53.8 Å². The SMILES string of the molecule is CC(Br)C(=O)N1CCC(N(C)C)C1. The molecule has 13 heavy (non-hydrogen) atoms. The standard InChI is InChI=1S/C9H17BrN2O/c1-7(10)9(13)12-5-4-8(6-12)11(2)3/h7-8H,4-6H2,1-3H3. The van der Waals surface area contributed by atoms with Crippen molar-refractivity contribution in [2.75, 3.05) is 27.2 Å². The molecule has 0 aromatic carbocycles. The van der Waals surface area contributed by atoms with E-state index in [1.807, 2.05) is 11.8 Å². The quantitative estimate of drug-likeness (QED) is 0.680. The van der Waals surface area contributed by atoms with Gasteiger partial charge in [0.2, 0.25) is 5.91 Å². The van der Waals surface area contributed by atoms with Gasteiger partial charge in [0.25, 0.3) is 0 Å². The van der Waals surface area contributed by atoms with E-state index in [4.69, 9.17) is 0 Å². The highest BCUT2D eigenvalue weighted by atomic mass is 79.9. The molecule has 1 saturated heterocycles. The first-order chi connectivity index (χ1) is 6.02. The van der Waals surface area contributed by atoms with Gasteiger partial charge in [-0.25, -0.2) is 0 Å². The third-order valence-electron chi connectivity index (χ3n) is 2.55. The average molecular weight is 249 g/mol. The minimum absolute atomic E-state index is 0.0478. The lowest BCUT2D eigenvalue weighted by atomic mass is 10.2. The van der Waals surface area contributed by atoms with E-state index < -0.39 is 0 Å². The van der Waals surface area contributed by atoms with Gasteiger partial charge in [-0.3, -0.25) is 4.79 Å². The van der Waals surface area contributed by atoms with Crippen LogP contribution >= 0.6 is 15.9 Å². The van der Waals surface area contributed by atoms with E-state index in [1.54, 1.807) is 0 Å². The van der Waals surface area contributed by atoms with Crippen LogP contribution in [0, 0.1) is 0 Å². The maximum Gasteiger partial charge on any atom is 0.236 e. The molecule has 0 bridgehead atoms. The highest BCUT2D eigenvalue weighted by molar-refractivity contribution is 9.10. The fraction of sp³-hybridized carbons (Fsp3) is 0.889. The van der Waals surface area contributed by atoms with Crippen molar-refractivity contribution >= 4 is 21.8 Å². The number of alkyl halides is 1. The molecular weight excluding hydrogens is 232 g/mol. The van der Waals surface area contributed by atoms with Crippen molar-refractivity contribution in [3.63, 3.8) is 0 Å². The van der Waals surface area contributed by atoms with E-state index in [-0.39, 0.29) is 10.7 Å². The summed E-state index contributed by atoms with van der Waals surface area (Å²) in [6, 6.07) is 0.537. The van der Waals surface area contributed by atoms with Gasteiger partial charge in [-0.15, -0.1) is 0 Å². The van der Waals surface area contributed by atoms with E-state index in [9.17, 15) is 4.79 Å². The van der Waals surface area contributed by atoms with Crippen LogP contribution in [0.2, 0.25) is 0 Å². The van der Waals surface area contributed by atoms with Crippen LogP contribution in [0.3, 0.4) is 0 Å². The summed E-state index contributed by atoms with van der Waals surface area (Å²) in [5.74, 6) is 0.212. The Labute approximate surface area is 88.2 Å². The number of hydrogen-bond acceptors (Lipinski definition) is 2. The molecule has 0 aliphatic carbocycles. The lowest BCUT2D eigenvalue weighted by molar-refractivity contribution is -0.129. The highest BCUT2D eigenvalue weighted by Gasteiger charge is 2.28. The van der Waals surface area contributed by atoms with E-state index >= 15 is 0 Å². The lowest BCUT2D eigenvalue weighted by Gasteiger charge is -2.21. The Morgan fingerprint density at radius 1 is 1.62 bits per heavy atom. The molecule has 76 valence electrons. The summed E-state index contributed by atoms with van der Waals surface area (Å²) in [7, 11) is 4.13. The minimum Gasteiger partial charge on any atom is -0.340 e. The van der Waals surface area contributed by atoms with Crippen molar-refractivity contribution in [2.24, 2.45) is 0 Å². The molecule has 1 rings (SSSR count). The third kappa shape index (κ3) is 2.68. The Hall–Kier alpha value is -0.0900. The maximum atomic E-state index is 11.6. The Bertz CT molecular complexity index is 194. The van der Waals surface area contributed by atoms with Crippen molar-refractivity contribution in [2.45, 2.75) is 24.2 Å². The molecule has 4 heteroatoms. The predicted molar refractivity (Wildman–Crippen MR) is 57.1 cm³/mol.